The van der Waals surface area contributed by atoms with E-state index in [1.807, 2.05) is 23.9 Å². The molecule has 1 unspecified atom stereocenters. The monoisotopic (exact) mass is 522 g/mol. The van der Waals surface area contributed by atoms with E-state index < -0.39 is 0 Å². The van der Waals surface area contributed by atoms with Crippen molar-refractivity contribution >= 4 is 48.2 Å². The van der Waals surface area contributed by atoms with Crippen molar-refractivity contribution in [2.75, 3.05) is 38.5 Å². The summed E-state index contributed by atoms with van der Waals surface area (Å²) < 4.78 is 0. The summed E-state index contributed by atoms with van der Waals surface area (Å²) in [4.78, 5) is 5.19. The second-order valence-corrected chi connectivity index (χ2v) is 9.85. The Morgan fingerprint density at radius 1 is 0.788 bits per heavy atom. The van der Waals surface area contributed by atoms with E-state index in [2.05, 4.69) is 83.5 Å². The standard InChI is InChI=1S/C27H31ClN2S.2ClH/c1-22-9-5-6-12-24(22)21-30-17-15-29(16-18-30)19-20-31-27(23-10-3-2-4-11-23)25-13-7-8-14-26(25)28;;/h2-14,27H,15-21H2,1H3;2*1H. The Hall–Kier alpha value is -1.20. The lowest BCUT2D eigenvalue weighted by Gasteiger charge is -2.35. The molecule has 178 valence electrons. The maximum Gasteiger partial charge on any atom is 0.0561 e. The Labute approximate surface area is 220 Å². The minimum absolute atomic E-state index is 0. The van der Waals surface area contributed by atoms with E-state index in [9.17, 15) is 0 Å². The molecule has 0 bridgehead atoms. The van der Waals surface area contributed by atoms with Gasteiger partial charge in [0.15, 0.2) is 0 Å². The molecule has 0 radical (unpaired) electrons. The second kappa shape index (κ2) is 14.3. The van der Waals surface area contributed by atoms with E-state index in [1.54, 1.807) is 0 Å². The van der Waals surface area contributed by atoms with Gasteiger partial charge in [0.2, 0.25) is 0 Å². The third kappa shape index (κ3) is 7.92. The molecule has 1 aliphatic heterocycles. The summed E-state index contributed by atoms with van der Waals surface area (Å²) in [7, 11) is 0. The number of halogens is 3. The molecule has 1 saturated heterocycles. The summed E-state index contributed by atoms with van der Waals surface area (Å²) in [6.45, 7) is 8.99. The largest absolute Gasteiger partial charge is 0.300 e. The quantitative estimate of drug-likeness (QED) is 0.310. The van der Waals surface area contributed by atoms with Gasteiger partial charge in [-0.15, -0.1) is 36.6 Å². The van der Waals surface area contributed by atoms with Crippen LogP contribution in [0.1, 0.15) is 27.5 Å². The van der Waals surface area contributed by atoms with Crippen molar-refractivity contribution in [1.82, 2.24) is 9.80 Å². The van der Waals surface area contributed by atoms with Crippen molar-refractivity contribution in [2.24, 2.45) is 0 Å². The Balaban J connectivity index is 0.00000193. The molecule has 4 rings (SSSR count). The Morgan fingerprint density at radius 2 is 1.39 bits per heavy atom. The fraction of sp³-hybridized carbons (Fsp3) is 0.333. The van der Waals surface area contributed by atoms with Gasteiger partial charge in [-0.25, -0.2) is 0 Å². The number of nitrogens with zero attached hydrogens (tertiary/aromatic N) is 2. The van der Waals surface area contributed by atoms with Crippen LogP contribution in [0.25, 0.3) is 0 Å². The Bertz CT molecular complexity index is 962. The summed E-state index contributed by atoms with van der Waals surface area (Å²) in [6, 6.07) is 27.8. The molecule has 0 spiro atoms. The van der Waals surface area contributed by atoms with Crippen molar-refractivity contribution in [3.05, 3.63) is 106 Å². The number of thioether (sulfide) groups is 1. The summed E-state index contributed by atoms with van der Waals surface area (Å²) in [5.74, 6) is 1.10. The zero-order valence-corrected chi connectivity index (χ0v) is 22.2. The van der Waals surface area contributed by atoms with Crippen LogP contribution in [0.5, 0.6) is 0 Å². The molecule has 1 aliphatic rings. The van der Waals surface area contributed by atoms with Gasteiger partial charge < -0.3 is 0 Å². The second-order valence-electron chi connectivity index (χ2n) is 8.23. The topological polar surface area (TPSA) is 6.48 Å². The average Bonchev–Trinajstić information content (AvgIpc) is 2.81. The first-order valence-electron chi connectivity index (χ1n) is 11.1. The van der Waals surface area contributed by atoms with Crippen LogP contribution in [0.15, 0.2) is 78.9 Å². The lowest BCUT2D eigenvalue weighted by Crippen LogP contribution is -2.46. The molecule has 3 aromatic rings. The number of piperazine rings is 1. The normalized spacial score (nSPS) is 15.3. The smallest absolute Gasteiger partial charge is 0.0561 e. The third-order valence-electron chi connectivity index (χ3n) is 6.10. The summed E-state index contributed by atoms with van der Waals surface area (Å²) >= 11 is 8.56. The minimum Gasteiger partial charge on any atom is -0.300 e. The highest BCUT2D eigenvalue weighted by Gasteiger charge is 2.20. The van der Waals surface area contributed by atoms with E-state index >= 15 is 0 Å². The first kappa shape index (κ1) is 28.0. The molecule has 0 aliphatic carbocycles. The average molecular weight is 524 g/mol. The van der Waals surface area contributed by atoms with Crippen molar-refractivity contribution in [3.63, 3.8) is 0 Å². The Kier molecular flexibility index (Phi) is 12.1. The van der Waals surface area contributed by atoms with E-state index in [4.69, 9.17) is 11.6 Å². The first-order valence-corrected chi connectivity index (χ1v) is 12.5. The van der Waals surface area contributed by atoms with Gasteiger partial charge in [0.25, 0.3) is 0 Å². The Morgan fingerprint density at radius 3 is 2.09 bits per heavy atom. The van der Waals surface area contributed by atoms with Crippen molar-refractivity contribution in [2.45, 2.75) is 18.7 Å². The summed E-state index contributed by atoms with van der Waals surface area (Å²) in [6.07, 6.45) is 0. The summed E-state index contributed by atoms with van der Waals surface area (Å²) in [5, 5.41) is 1.13. The highest BCUT2D eigenvalue weighted by Crippen LogP contribution is 2.38. The maximum atomic E-state index is 6.56. The third-order valence-corrected chi connectivity index (χ3v) is 7.72. The van der Waals surface area contributed by atoms with E-state index in [0.717, 1.165) is 50.0 Å². The number of aryl methyl sites for hydroxylation is 1. The predicted octanol–water partition coefficient (Wildman–Crippen LogP) is 7.13. The van der Waals surface area contributed by atoms with Crippen LogP contribution in [0.3, 0.4) is 0 Å². The molecule has 0 amide bonds. The molecule has 3 aromatic carbocycles. The molecule has 1 heterocycles. The van der Waals surface area contributed by atoms with Crippen LogP contribution in [-0.4, -0.2) is 48.3 Å². The molecule has 33 heavy (non-hydrogen) atoms. The fourth-order valence-corrected chi connectivity index (χ4v) is 5.82. The number of rotatable bonds is 8. The van der Waals surface area contributed by atoms with Gasteiger partial charge in [0.1, 0.15) is 0 Å². The fourth-order valence-electron chi connectivity index (χ4n) is 4.18. The molecule has 1 atom stereocenters. The number of benzene rings is 3. The number of hydrogen-bond acceptors (Lipinski definition) is 3. The molecule has 0 N–H and O–H groups in total. The van der Waals surface area contributed by atoms with E-state index in [1.165, 1.54) is 22.3 Å². The molecule has 0 aromatic heterocycles. The molecular weight excluding hydrogens is 491 g/mol. The van der Waals surface area contributed by atoms with Crippen LogP contribution in [0.4, 0.5) is 0 Å². The lowest BCUT2D eigenvalue weighted by molar-refractivity contribution is 0.132. The van der Waals surface area contributed by atoms with Crippen molar-refractivity contribution in [1.29, 1.82) is 0 Å². The van der Waals surface area contributed by atoms with Crippen LogP contribution in [-0.2, 0) is 6.54 Å². The van der Waals surface area contributed by atoms with Crippen LogP contribution >= 0.6 is 48.2 Å². The van der Waals surface area contributed by atoms with Crippen LogP contribution in [0.2, 0.25) is 5.02 Å². The van der Waals surface area contributed by atoms with Crippen LogP contribution in [0, 0.1) is 6.92 Å². The van der Waals surface area contributed by atoms with Crippen LogP contribution < -0.4 is 0 Å². The molecule has 0 saturated carbocycles. The molecule has 1 fully saturated rings. The van der Waals surface area contributed by atoms with E-state index in [0.29, 0.717) is 0 Å². The van der Waals surface area contributed by atoms with E-state index in [-0.39, 0.29) is 30.1 Å². The minimum atomic E-state index is 0. The van der Waals surface area contributed by atoms with Gasteiger partial charge in [-0.2, -0.15) is 0 Å². The SMILES string of the molecule is Cc1ccccc1CN1CCN(CCSC(c2ccccc2)c2ccccc2Cl)CC1.Cl.Cl. The lowest BCUT2D eigenvalue weighted by atomic mass is 10.0. The predicted molar refractivity (Wildman–Crippen MR) is 150 cm³/mol. The van der Waals surface area contributed by atoms with Gasteiger partial charge >= 0.3 is 0 Å². The summed E-state index contributed by atoms with van der Waals surface area (Å²) in [5.41, 5.74) is 5.39. The maximum absolute atomic E-state index is 6.56. The zero-order chi connectivity index (χ0) is 21.5. The van der Waals surface area contributed by atoms with Gasteiger partial charge in [-0.1, -0.05) is 84.4 Å². The first-order chi connectivity index (χ1) is 15.2. The van der Waals surface area contributed by atoms with Gasteiger partial charge in [0, 0.05) is 50.0 Å². The number of hydrogen-bond donors (Lipinski definition) is 0. The van der Waals surface area contributed by atoms with Gasteiger partial charge in [-0.3, -0.25) is 9.80 Å². The zero-order valence-electron chi connectivity index (χ0n) is 19.0. The molecular formula is C27H33Cl3N2S. The van der Waals surface area contributed by atoms with Crippen molar-refractivity contribution < 1.29 is 0 Å². The highest BCUT2D eigenvalue weighted by atomic mass is 35.5. The van der Waals surface area contributed by atoms with Gasteiger partial charge in [-0.05, 0) is 35.2 Å². The highest BCUT2D eigenvalue weighted by molar-refractivity contribution is 7.99. The molecule has 6 heteroatoms. The van der Waals surface area contributed by atoms with Gasteiger partial charge in [0.05, 0.1) is 5.25 Å². The van der Waals surface area contributed by atoms with Crippen molar-refractivity contribution in [3.8, 4) is 0 Å². The molecule has 2 nitrogen and oxygen atoms in total.